The van der Waals surface area contributed by atoms with Gasteiger partial charge in [-0.05, 0) is 92.3 Å². The zero-order valence-corrected chi connectivity index (χ0v) is 20.7. The molecule has 1 amide bonds. The molecule has 0 bridgehead atoms. The summed E-state index contributed by atoms with van der Waals surface area (Å²) in [4.78, 5) is 13.5. The summed E-state index contributed by atoms with van der Waals surface area (Å²) >= 11 is 0. The standard InChI is InChI=1S/C27H28N2O5S.H2/c1-17(2)29-35(31,32)22-9-5-19(6-10-22)23-15-21(8-4-18(23)3)28-26(30)27(12-13-27)20-7-11-24-25(14-20)34-16-33-24;/h4-11,14-15,17,29H,12-13,16H2,1-3H3,(H,28,30);1H. The minimum absolute atomic E-state index is 0. The molecule has 0 saturated heterocycles. The van der Waals surface area contributed by atoms with Crippen LogP contribution in [0.25, 0.3) is 11.1 Å². The lowest BCUT2D eigenvalue weighted by atomic mass is 9.94. The molecule has 8 heteroatoms. The summed E-state index contributed by atoms with van der Waals surface area (Å²) in [6, 6.07) is 18.1. The van der Waals surface area contributed by atoms with E-state index in [0.29, 0.717) is 17.2 Å². The number of benzene rings is 3. The van der Waals surface area contributed by atoms with Crippen LogP contribution in [0.2, 0.25) is 0 Å². The van der Waals surface area contributed by atoms with Crippen molar-refractivity contribution < 1.29 is 24.1 Å². The zero-order valence-electron chi connectivity index (χ0n) is 19.9. The number of fused-ring (bicyclic) bond motifs is 1. The number of hydrogen-bond acceptors (Lipinski definition) is 5. The van der Waals surface area contributed by atoms with Crippen molar-refractivity contribution in [2.45, 2.75) is 50.0 Å². The van der Waals surface area contributed by atoms with Gasteiger partial charge in [0.15, 0.2) is 11.5 Å². The van der Waals surface area contributed by atoms with E-state index in [1.54, 1.807) is 38.1 Å². The highest BCUT2D eigenvalue weighted by Gasteiger charge is 2.51. The summed E-state index contributed by atoms with van der Waals surface area (Å²) in [5.41, 5.74) is 3.89. The molecule has 2 aliphatic rings. The van der Waals surface area contributed by atoms with Crippen LogP contribution in [0, 0.1) is 6.92 Å². The third-order valence-electron chi connectivity index (χ3n) is 6.47. The highest BCUT2D eigenvalue weighted by atomic mass is 32.2. The summed E-state index contributed by atoms with van der Waals surface area (Å²) in [5, 5.41) is 3.09. The van der Waals surface area contributed by atoms with Gasteiger partial charge in [-0.3, -0.25) is 4.79 Å². The van der Waals surface area contributed by atoms with Gasteiger partial charge in [0.1, 0.15) is 0 Å². The predicted molar refractivity (Wildman–Crippen MR) is 136 cm³/mol. The van der Waals surface area contributed by atoms with Crippen molar-refractivity contribution in [1.82, 2.24) is 4.72 Å². The van der Waals surface area contributed by atoms with Crippen LogP contribution in [0.1, 0.15) is 39.2 Å². The van der Waals surface area contributed by atoms with Crippen molar-refractivity contribution in [1.29, 1.82) is 0 Å². The molecule has 3 aromatic rings. The molecule has 1 saturated carbocycles. The highest BCUT2D eigenvalue weighted by molar-refractivity contribution is 7.89. The maximum atomic E-state index is 13.3. The number of carbonyl (C=O) groups excluding carboxylic acids is 1. The number of hydrogen-bond donors (Lipinski definition) is 2. The van der Waals surface area contributed by atoms with Crippen LogP contribution < -0.4 is 19.5 Å². The maximum absolute atomic E-state index is 13.3. The second-order valence-corrected chi connectivity index (χ2v) is 11.1. The van der Waals surface area contributed by atoms with Gasteiger partial charge in [0.05, 0.1) is 10.3 Å². The smallest absolute Gasteiger partial charge is 0.240 e. The summed E-state index contributed by atoms with van der Waals surface area (Å²) in [6.45, 7) is 5.76. The van der Waals surface area contributed by atoms with Crippen LogP contribution in [0.15, 0.2) is 65.6 Å². The summed E-state index contributed by atoms with van der Waals surface area (Å²) in [5.74, 6) is 1.33. The van der Waals surface area contributed by atoms with E-state index < -0.39 is 15.4 Å². The van der Waals surface area contributed by atoms with E-state index >= 15 is 0 Å². The molecule has 1 heterocycles. The van der Waals surface area contributed by atoms with Crippen LogP contribution in [0.3, 0.4) is 0 Å². The molecular formula is C27H30N2O5S. The zero-order chi connectivity index (χ0) is 24.8. The van der Waals surface area contributed by atoms with Crippen molar-refractivity contribution >= 4 is 21.6 Å². The molecule has 7 nitrogen and oxygen atoms in total. The number of amides is 1. The largest absolute Gasteiger partial charge is 0.454 e. The lowest BCUT2D eigenvalue weighted by Crippen LogP contribution is -2.30. The number of rotatable bonds is 7. The van der Waals surface area contributed by atoms with Crippen molar-refractivity contribution in [3.63, 3.8) is 0 Å². The minimum Gasteiger partial charge on any atom is -0.454 e. The molecule has 2 N–H and O–H groups in total. The summed E-state index contributed by atoms with van der Waals surface area (Å²) < 4.78 is 38.4. The number of sulfonamides is 1. The quantitative estimate of drug-likeness (QED) is 0.482. The Morgan fingerprint density at radius 1 is 0.971 bits per heavy atom. The van der Waals surface area contributed by atoms with E-state index in [-0.39, 0.29) is 25.1 Å². The van der Waals surface area contributed by atoms with Gasteiger partial charge in [0.25, 0.3) is 0 Å². The Balaban J connectivity index is 0.00000304. The van der Waals surface area contributed by atoms with Crippen LogP contribution in [0.5, 0.6) is 11.5 Å². The molecule has 0 spiro atoms. The van der Waals surface area contributed by atoms with Crippen molar-refractivity contribution in [2.24, 2.45) is 0 Å². The van der Waals surface area contributed by atoms with Gasteiger partial charge in [0, 0.05) is 13.2 Å². The SMILES string of the molecule is Cc1ccc(NC(=O)C2(c3ccc4c(c3)OCO4)CC2)cc1-c1ccc(S(=O)(=O)NC(C)C)cc1.[HH]. The van der Waals surface area contributed by atoms with Gasteiger partial charge < -0.3 is 14.8 Å². The highest BCUT2D eigenvalue weighted by Crippen LogP contribution is 2.51. The van der Waals surface area contributed by atoms with Crippen molar-refractivity contribution in [3.8, 4) is 22.6 Å². The first-order valence-electron chi connectivity index (χ1n) is 11.6. The molecule has 0 aromatic heterocycles. The fourth-order valence-corrected chi connectivity index (χ4v) is 5.67. The third kappa shape index (κ3) is 4.51. The lowest BCUT2D eigenvalue weighted by molar-refractivity contribution is -0.118. The molecule has 3 aromatic carbocycles. The molecule has 1 aliphatic heterocycles. The van der Waals surface area contributed by atoms with E-state index in [0.717, 1.165) is 35.1 Å². The third-order valence-corrected chi connectivity index (χ3v) is 8.15. The molecule has 1 fully saturated rings. The number of ether oxygens (including phenoxy) is 2. The minimum atomic E-state index is -3.56. The van der Waals surface area contributed by atoms with Gasteiger partial charge in [-0.25, -0.2) is 13.1 Å². The van der Waals surface area contributed by atoms with Gasteiger partial charge in [0.2, 0.25) is 22.7 Å². The second kappa shape index (κ2) is 8.70. The average Bonchev–Trinajstić information content (AvgIpc) is 3.50. The fraction of sp³-hybridized carbons (Fsp3) is 0.296. The first kappa shape index (κ1) is 23.4. The molecule has 0 atom stereocenters. The number of aryl methyl sites for hydroxylation is 1. The molecule has 184 valence electrons. The number of nitrogens with one attached hydrogen (secondary N) is 2. The maximum Gasteiger partial charge on any atom is 0.240 e. The van der Waals surface area contributed by atoms with Crippen LogP contribution >= 0.6 is 0 Å². The first-order valence-corrected chi connectivity index (χ1v) is 13.1. The second-order valence-electron chi connectivity index (χ2n) is 9.43. The molecule has 0 unspecified atom stereocenters. The Morgan fingerprint density at radius 3 is 2.37 bits per heavy atom. The first-order chi connectivity index (χ1) is 16.7. The normalized spacial score (nSPS) is 15.8. The molecule has 5 rings (SSSR count). The summed E-state index contributed by atoms with van der Waals surface area (Å²) in [6.07, 6.45) is 1.55. The monoisotopic (exact) mass is 494 g/mol. The lowest BCUT2D eigenvalue weighted by Gasteiger charge is -2.17. The van der Waals surface area contributed by atoms with Gasteiger partial charge in [-0.1, -0.05) is 24.3 Å². The van der Waals surface area contributed by atoms with E-state index in [1.165, 1.54) is 0 Å². The van der Waals surface area contributed by atoms with Gasteiger partial charge in [-0.2, -0.15) is 0 Å². The molecule has 0 radical (unpaired) electrons. The fourth-order valence-electron chi connectivity index (χ4n) is 4.42. The topological polar surface area (TPSA) is 93.7 Å². The molecule has 1 aliphatic carbocycles. The Kier molecular flexibility index (Phi) is 5.81. The predicted octanol–water partition coefficient (Wildman–Crippen LogP) is 4.99. The molecule has 35 heavy (non-hydrogen) atoms. The Hall–Kier alpha value is -3.36. The summed E-state index contributed by atoms with van der Waals surface area (Å²) in [7, 11) is -3.56. The average molecular weight is 495 g/mol. The van der Waals surface area contributed by atoms with Gasteiger partial charge in [-0.15, -0.1) is 0 Å². The number of carbonyl (C=O) groups is 1. The van der Waals surface area contributed by atoms with E-state index in [1.807, 2.05) is 43.3 Å². The van der Waals surface area contributed by atoms with E-state index in [4.69, 9.17) is 9.47 Å². The molecular weight excluding hydrogens is 464 g/mol. The number of anilines is 1. The van der Waals surface area contributed by atoms with Crippen LogP contribution in [0.4, 0.5) is 5.69 Å². The van der Waals surface area contributed by atoms with Gasteiger partial charge >= 0.3 is 0 Å². The Labute approximate surface area is 207 Å². The van der Waals surface area contributed by atoms with E-state index in [9.17, 15) is 13.2 Å². The Morgan fingerprint density at radius 2 is 1.69 bits per heavy atom. The van der Waals surface area contributed by atoms with Crippen molar-refractivity contribution in [2.75, 3.05) is 12.1 Å². The van der Waals surface area contributed by atoms with Crippen molar-refractivity contribution in [3.05, 3.63) is 71.8 Å². The van der Waals surface area contributed by atoms with E-state index in [2.05, 4.69) is 10.0 Å². The van der Waals surface area contributed by atoms with Crippen LogP contribution in [-0.4, -0.2) is 27.2 Å². The Bertz CT molecular complexity index is 1400. The van der Waals surface area contributed by atoms with Crippen LogP contribution in [-0.2, 0) is 20.2 Å².